The van der Waals surface area contributed by atoms with Crippen LogP contribution in [-0.4, -0.2) is 40.0 Å². The second kappa shape index (κ2) is 7.44. The summed E-state index contributed by atoms with van der Waals surface area (Å²) in [5.74, 6) is 0.593. The molecule has 1 aromatic carbocycles. The van der Waals surface area contributed by atoms with Gasteiger partial charge in [0.15, 0.2) is 0 Å². The molecule has 2 amide bonds. The summed E-state index contributed by atoms with van der Waals surface area (Å²) in [4.78, 5) is 26.9. The fourth-order valence-electron chi connectivity index (χ4n) is 3.58. The number of anilines is 1. The van der Waals surface area contributed by atoms with E-state index in [1.54, 1.807) is 5.51 Å². The van der Waals surface area contributed by atoms with Crippen LogP contribution in [-0.2, 0) is 9.59 Å². The summed E-state index contributed by atoms with van der Waals surface area (Å²) in [7, 11) is 0. The Morgan fingerprint density at radius 3 is 2.58 bits per heavy atom. The average molecular weight is 435 g/mol. The highest BCUT2D eigenvalue weighted by molar-refractivity contribution is 9.10. The molecular formula is C18H19BrN4O2S. The number of nitrogens with one attached hydrogen (secondary N) is 1. The number of rotatable bonds is 4. The van der Waals surface area contributed by atoms with Crippen molar-refractivity contribution in [3.05, 3.63) is 39.8 Å². The average Bonchev–Trinajstić information content (AvgIpc) is 3.30. The van der Waals surface area contributed by atoms with Crippen LogP contribution < -0.4 is 5.32 Å². The van der Waals surface area contributed by atoms with E-state index in [0.29, 0.717) is 37.0 Å². The smallest absolute Gasteiger partial charge is 0.229 e. The molecule has 2 fully saturated rings. The minimum atomic E-state index is -0.0653. The molecule has 1 aromatic heterocycles. The van der Waals surface area contributed by atoms with E-state index in [1.807, 2.05) is 17.0 Å². The van der Waals surface area contributed by atoms with Gasteiger partial charge >= 0.3 is 0 Å². The molecule has 2 unspecified atom stereocenters. The molecule has 1 saturated carbocycles. The standard InChI is InChI=1S/C18H19BrN4O2S/c19-13-3-1-11(2-4-13)14-9-15(14)17(25)23-7-5-12(6-8-23)16(24)21-18-22-20-10-26-18/h1-4,10,12,14-15H,5-9H2,(H,21,22,24). The van der Waals surface area contributed by atoms with Crippen molar-refractivity contribution < 1.29 is 9.59 Å². The fourth-order valence-corrected chi connectivity index (χ4v) is 4.29. The molecule has 136 valence electrons. The summed E-state index contributed by atoms with van der Waals surface area (Å²) < 4.78 is 1.05. The van der Waals surface area contributed by atoms with Crippen LogP contribution >= 0.6 is 27.3 Å². The zero-order valence-electron chi connectivity index (χ0n) is 14.1. The van der Waals surface area contributed by atoms with Gasteiger partial charge in [-0.1, -0.05) is 39.4 Å². The van der Waals surface area contributed by atoms with E-state index in [2.05, 4.69) is 43.6 Å². The largest absolute Gasteiger partial charge is 0.342 e. The highest BCUT2D eigenvalue weighted by atomic mass is 79.9. The van der Waals surface area contributed by atoms with E-state index in [4.69, 9.17) is 0 Å². The van der Waals surface area contributed by atoms with Crippen LogP contribution in [0.5, 0.6) is 0 Å². The predicted octanol–water partition coefficient (Wildman–Crippen LogP) is 3.28. The topological polar surface area (TPSA) is 75.2 Å². The van der Waals surface area contributed by atoms with Crippen LogP contribution in [0.2, 0.25) is 0 Å². The molecule has 2 aromatic rings. The van der Waals surface area contributed by atoms with E-state index in [0.717, 1.165) is 10.9 Å². The Morgan fingerprint density at radius 2 is 1.92 bits per heavy atom. The third-order valence-electron chi connectivity index (χ3n) is 5.17. The number of amides is 2. The minimum absolute atomic E-state index is 0.0204. The second-order valence-corrected chi connectivity index (χ2v) is 8.58. The van der Waals surface area contributed by atoms with Gasteiger partial charge in [-0.25, -0.2) is 0 Å². The molecule has 1 saturated heterocycles. The lowest BCUT2D eigenvalue weighted by Crippen LogP contribution is -2.42. The van der Waals surface area contributed by atoms with Crippen molar-refractivity contribution in [2.45, 2.75) is 25.2 Å². The molecule has 1 aliphatic heterocycles. The van der Waals surface area contributed by atoms with Crippen molar-refractivity contribution in [2.75, 3.05) is 18.4 Å². The number of likely N-dealkylation sites (tertiary alicyclic amines) is 1. The monoisotopic (exact) mass is 434 g/mol. The molecule has 2 aliphatic rings. The summed E-state index contributed by atoms with van der Waals surface area (Å²) in [5.41, 5.74) is 2.83. The van der Waals surface area contributed by atoms with Gasteiger partial charge in [0.05, 0.1) is 0 Å². The van der Waals surface area contributed by atoms with E-state index < -0.39 is 0 Å². The minimum Gasteiger partial charge on any atom is -0.342 e. The first kappa shape index (κ1) is 17.6. The van der Waals surface area contributed by atoms with Crippen LogP contribution in [0.15, 0.2) is 34.2 Å². The SMILES string of the molecule is O=C(Nc1nncs1)C1CCN(C(=O)C2CC2c2ccc(Br)cc2)CC1. The van der Waals surface area contributed by atoms with E-state index in [1.165, 1.54) is 16.9 Å². The van der Waals surface area contributed by atoms with Crippen LogP contribution in [0.1, 0.15) is 30.7 Å². The number of carbonyl (C=O) groups excluding carboxylic acids is 2. The van der Waals surface area contributed by atoms with Crippen molar-refractivity contribution >= 4 is 44.2 Å². The maximum Gasteiger partial charge on any atom is 0.229 e. The van der Waals surface area contributed by atoms with Gasteiger partial charge < -0.3 is 10.2 Å². The molecule has 4 rings (SSSR count). The number of aromatic nitrogens is 2. The van der Waals surface area contributed by atoms with E-state index >= 15 is 0 Å². The Morgan fingerprint density at radius 1 is 1.19 bits per heavy atom. The Balaban J connectivity index is 1.27. The zero-order chi connectivity index (χ0) is 18.1. The highest BCUT2D eigenvalue weighted by Gasteiger charge is 2.46. The normalized spacial score (nSPS) is 22.9. The maximum absolute atomic E-state index is 12.7. The van der Waals surface area contributed by atoms with Crippen LogP contribution in [0, 0.1) is 11.8 Å². The Bertz CT molecular complexity index is 788. The van der Waals surface area contributed by atoms with Gasteiger partial charge in [-0.15, -0.1) is 10.2 Å². The van der Waals surface area contributed by atoms with Crippen molar-refractivity contribution in [3.8, 4) is 0 Å². The fraction of sp³-hybridized carbons (Fsp3) is 0.444. The number of piperidine rings is 1. The highest BCUT2D eigenvalue weighted by Crippen LogP contribution is 2.48. The van der Waals surface area contributed by atoms with Crippen molar-refractivity contribution in [1.82, 2.24) is 15.1 Å². The summed E-state index contributed by atoms with van der Waals surface area (Å²) in [6.07, 6.45) is 2.33. The molecule has 2 atom stereocenters. The second-order valence-electron chi connectivity index (χ2n) is 6.83. The molecule has 6 nitrogen and oxygen atoms in total. The molecular weight excluding hydrogens is 416 g/mol. The molecule has 0 spiro atoms. The third kappa shape index (κ3) is 3.81. The Hall–Kier alpha value is -1.80. The predicted molar refractivity (Wildman–Crippen MR) is 103 cm³/mol. The molecule has 26 heavy (non-hydrogen) atoms. The lowest BCUT2D eigenvalue weighted by atomic mass is 9.95. The number of benzene rings is 1. The zero-order valence-corrected chi connectivity index (χ0v) is 16.5. The Labute approximate surface area is 164 Å². The number of halogens is 1. The van der Waals surface area contributed by atoms with Gasteiger partial charge in [-0.05, 0) is 42.9 Å². The van der Waals surface area contributed by atoms with Gasteiger partial charge in [-0.2, -0.15) is 0 Å². The van der Waals surface area contributed by atoms with Gasteiger partial charge in [-0.3, -0.25) is 9.59 Å². The van der Waals surface area contributed by atoms with Crippen molar-refractivity contribution in [2.24, 2.45) is 11.8 Å². The molecule has 2 heterocycles. The maximum atomic E-state index is 12.7. The molecule has 0 radical (unpaired) electrons. The van der Waals surface area contributed by atoms with Crippen LogP contribution in [0.25, 0.3) is 0 Å². The van der Waals surface area contributed by atoms with Crippen LogP contribution in [0.3, 0.4) is 0 Å². The molecule has 1 aliphatic carbocycles. The van der Waals surface area contributed by atoms with E-state index in [-0.39, 0.29) is 23.7 Å². The van der Waals surface area contributed by atoms with Gasteiger partial charge in [0.1, 0.15) is 5.51 Å². The lowest BCUT2D eigenvalue weighted by molar-refractivity contribution is -0.135. The van der Waals surface area contributed by atoms with Crippen LogP contribution in [0.4, 0.5) is 5.13 Å². The summed E-state index contributed by atoms with van der Waals surface area (Å²) in [6, 6.07) is 8.23. The number of hydrogen-bond donors (Lipinski definition) is 1. The van der Waals surface area contributed by atoms with Crippen molar-refractivity contribution in [1.29, 1.82) is 0 Å². The lowest BCUT2D eigenvalue weighted by Gasteiger charge is -2.31. The van der Waals surface area contributed by atoms with Crippen molar-refractivity contribution in [3.63, 3.8) is 0 Å². The summed E-state index contributed by atoms with van der Waals surface area (Å²) >= 11 is 4.75. The molecule has 1 N–H and O–H groups in total. The van der Waals surface area contributed by atoms with Gasteiger partial charge in [0, 0.05) is 29.4 Å². The first-order valence-electron chi connectivity index (χ1n) is 8.73. The van der Waals surface area contributed by atoms with Gasteiger partial charge in [0.25, 0.3) is 0 Å². The van der Waals surface area contributed by atoms with E-state index in [9.17, 15) is 9.59 Å². The molecule has 0 bridgehead atoms. The first-order chi connectivity index (χ1) is 12.6. The first-order valence-corrected chi connectivity index (χ1v) is 10.4. The third-order valence-corrected chi connectivity index (χ3v) is 6.31. The number of hydrogen-bond acceptors (Lipinski definition) is 5. The number of carbonyl (C=O) groups is 2. The van der Waals surface area contributed by atoms with Gasteiger partial charge in [0.2, 0.25) is 16.9 Å². The number of nitrogens with zero attached hydrogens (tertiary/aromatic N) is 3. The quantitative estimate of drug-likeness (QED) is 0.800. The molecule has 8 heteroatoms. The Kier molecular flexibility index (Phi) is 5.04. The summed E-state index contributed by atoms with van der Waals surface area (Å²) in [5, 5.41) is 10.9. The summed E-state index contributed by atoms with van der Waals surface area (Å²) in [6.45, 7) is 1.30.